The van der Waals surface area contributed by atoms with E-state index in [1.165, 1.54) is 0 Å². The van der Waals surface area contributed by atoms with Gasteiger partial charge in [0.25, 0.3) is 0 Å². The van der Waals surface area contributed by atoms with Gasteiger partial charge in [0.05, 0.1) is 12.7 Å². The molecule has 0 aromatic carbocycles. The molecule has 23 heavy (non-hydrogen) atoms. The second-order valence-corrected chi connectivity index (χ2v) is 8.03. The number of piperazine rings is 1. The zero-order valence-electron chi connectivity index (χ0n) is 15.5. The number of carbonyl (C=O) groups excluding carboxylic acids is 1. The fourth-order valence-corrected chi connectivity index (χ4v) is 3.14. The lowest BCUT2D eigenvalue weighted by atomic mass is 10.1. The van der Waals surface area contributed by atoms with Crippen LogP contribution in [0.3, 0.4) is 0 Å². The Labute approximate surface area is 140 Å². The minimum atomic E-state index is -0.453. The summed E-state index contributed by atoms with van der Waals surface area (Å²) in [6.45, 7) is 16.2. The van der Waals surface area contributed by atoms with E-state index in [-0.39, 0.29) is 24.3 Å². The van der Waals surface area contributed by atoms with Gasteiger partial charge in [0.15, 0.2) is 0 Å². The maximum atomic E-state index is 12.4. The fourth-order valence-electron chi connectivity index (χ4n) is 3.14. The van der Waals surface area contributed by atoms with Gasteiger partial charge >= 0.3 is 6.09 Å². The molecule has 0 aromatic rings. The van der Waals surface area contributed by atoms with E-state index < -0.39 is 5.60 Å². The molecule has 4 atom stereocenters. The van der Waals surface area contributed by atoms with Crippen LogP contribution in [0.15, 0.2) is 0 Å². The highest BCUT2D eigenvalue weighted by atomic mass is 16.6. The number of morpholine rings is 1. The van der Waals surface area contributed by atoms with Crippen molar-refractivity contribution in [3.8, 4) is 0 Å². The van der Waals surface area contributed by atoms with Crippen molar-refractivity contribution in [2.75, 3.05) is 32.8 Å². The Hall–Kier alpha value is -0.850. The highest BCUT2D eigenvalue weighted by Crippen LogP contribution is 2.17. The van der Waals surface area contributed by atoms with Gasteiger partial charge in [-0.05, 0) is 41.5 Å². The average molecular weight is 327 g/mol. The lowest BCUT2D eigenvalue weighted by molar-refractivity contribution is -0.0555. The number of rotatable bonds is 2. The van der Waals surface area contributed by atoms with Crippen LogP contribution >= 0.6 is 0 Å². The van der Waals surface area contributed by atoms with Crippen molar-refractivity contribution < 1.29 is 14.3 Å². The molecule has 0 aromatic heterocycles. The smallest absolute Gasteiger partial charge is 0.410 e. The molecule has 134 valence electrons. The van der Waals surface area contributed by atoms with Crippen molar-refractivity contribution >= 4 is 6.09 Å². The van der Waals surface area contributed by atoms with E-state index >= 15 is 0 Å². The first-order valence-electron chi connectivity index (χ1n) is 8.74. The second kappa shape index (κ2) is 7.36. The van der Waals surface area contributed by atoms with E-state index in [1.807, 2.05) is 25.7 Å². The van der Waals surface area contributed by atoms with Gasteiger partial charge in [-0.15, -0.1) is 0 Å². The maximum absolute atomic E-state index is 12.4. The van der Waals surface area contributed by atoms with Crippen LogP contribution in [0, 0.1) is 0 Å². The van der Waals surface area contributed by atoms with Gasteiger partial charge in [0, 0.05) is 44.3 Å². The summed E-state index contributed by atoms with van der Waals surface area (Å²) in [7, 11) is 0. The first kappa shape index (κ1) is 18.5. The summed E-state index contributed by atoms with van der Waals surface area (Å²) < 4.78 is 11.2. The van der Waals surface area contributed by atoms with Crippen LogP contribution in [0.5, 0.6) is 0 Å². The first-order chi connectivity index (χ1) is 10.7. The van der Waals surface area contributed by atoms with E-state index in [4.69, 9.17) is 9.47 Å². The molecule has 0 radical (unpaired) electrons. The standard InChI is InChI=1S/C17H33N3O3/c1-12-7-18-15(9-19-8-14(3)22-11-13(19)2)10-20(12)16(21)23-17(4,5)6/h12-15,18H,7-11H2,1-6H3/t12-,13-,14+,15+/m1/s1. The van der Waals surface area contributed by atoms with Gasteiger partial charge < -0.3 is 19.7 Å². The van der Waals surface area contributed by atoms with Crippen molar-refractivity contribution in [1.82, 2.24) is 15.1 Å². The predicted octanol–water partition coefficient (Wildman–Crippen LogP) is 1.69. The van der Waals surface area contributed by atoms with Gasteiger partial charge in [-0.25, -0.2) is 4.79 Å². The van der Waals surface area contributed by atoms with Crippen LogP contribution in [0.1, 0.15) is 41.5 Å². The van der Waals surface area contributed by atoms with Gasteiger partial charge in [-0.2, -0.15) is 0 Å². The molecule has 1 amide bonds. The van der Waals surface area contributed by atoms with Crippen LogP contribution in [0.25, 0.3) is 0 Å². The third kappa shape index (κ3) is 5.33. The number of ether oxygens (including phenoxy) is 2. The van der Waals surface area contributed by atoms with Crippen molar-refractivity contribution in [1.29, 1.82) is 0 Å². The minimum Gasteiger partial charge on any atom is -0.444 e. The SMILES string of the molecule is C[C@@H]1CO[C@@H](C)CN1C[C@H]1CN(C(=O)OC(C)(C)C)[C@H](C)CN1. The summed E-state index contributed by atoms with van der Waals surface area (Å²) in [6.07, 6.45) is 0.0653. The van der Waals surface area contributed by atoms with E-state index in [2.05, 4.69) is 31.0 Å². The summed E-state index contributed by atoms with van der Waals surface area (Å²) in [5, 5.41) is 3.57. The van der Waals surface area contributed by atoms with Crippen molar-refractivity contribution in [2.45, 2.75) is 71.4 Å². The Morgan fingerprint density at radius 2 is 1.91 bits per heavy atom. The van der Waals surface area contributed by atoms with Crippen LogP contribution in [0.4, 0.5) is 4.79 Å². The Kier molecular flexibility index (Phi) is 5.92. The number of hydrogen-bond acceptors (Lipinski definition) is 5. The molecule has 2 heterocycles. The Morgan fingerprint density at radius 1 is 1.22 bits per heavy atom. The summed E-state index contributed by atoms with van der Waals surface area (Å²) in [4.78, 5) is 16.7. The molecule has 2 aliphatic rings. The number of hydrogen-bond donors (Lipinski definition) is 1. The van der Waals surface area contributed by atoms with Crippen molar-refractivity contribution in [3.63, 3.8) is 0 Å². The molecular formula is C17H33N3O3. The Morgan fingerprint density at radius 3 is 2.57 bits per heavy atom. The lowest BCUT2D eigenvalue weighted by Crippen LogP contribution is -2.62. The molecule has 0 spiro atoms. The number of carbonyl (C=O) groups is 1. The third-order valence-corrected chi connectivity index (χ3v) is 4.47. The van der Waals surface area contributed by atoms with Crippen molar-refractivity contribution in [3.05, 3.63) is 0 Å². The summed E-state index contributed by atoms with van der Waals surface area (Å²) in [5.74, 6) is 0. The third-order valence-electron chi connectivity index (χ3n) is 4.47. The van der Waals surface area contributed by atoms with Crippen LogP contribution in [-0.2, 0) is 9.47 Å². The lowest BCUT2D eigenvalue weighted by Gasteiger charge is -2.43. The molecular weight excluding hydrogens is 294 g/mol. The molecule has 1 N–H and O–H groups in total. The largest absolute Gasteiger partial charge is 0.444 e. The van der Waals surface area contributed by atoms with Crippen LogP contribution < -0.4 is 5.32 Å². The zero-order valence-corrected chi connectivity index (χ0v) is 15.5. The van der Waals surface area contributed by atoms with Gasteiger partial charge in [0.1, 0.15) is 5.60 Å². The molecule has 2 fully saturated rings. The second-order valence-electron chi connectivity index (χ2n) is 8.03. The number of nitrogens with zero attached hydrogens (tertiary/aromatic N) is 2. The molecule has 2 aliphatic heterocycles. The predicted molar refractivity (Wildman–Crippen MR) is 90.6 cm³/mol. The van der Waals surface area contributed by atoms with E-state index in [1.54, 1.807) is 0 Å². The molecule has 0 bridgehead atoms. The van der Waals surface area contributed by atoms with E-state index in [0.717, 1.165) is 26.2 Å². The number of nitrogens with one attached hydrogen (secondary N) is 1. The fraction of sp³-hybridized carbons (Fsp3) is 0.941. The Bertz CT molecular complexity index is 410. The highest BCUT2D eigenvalue weighted by Gasteiger charge is 2.34. The normalized spacial score (nSPS) is 33.6. The van der Waals surface area contributed by atoms with Crippen LogP contribution in [-0.4, -0.2) is 78.5 Å². The summed E-state index contributed by atoms with van der Waals surface area (Å²) in [6, 6.07) is 0.843. The first-order valence-corrected chi connectivity index (χ1v) is 8.74. The van der Waals surface area contributed by atoms with Crippen LogP contribution in [0.2, 0.25) is 0 Å². The quantitative estimate of drug-likeness (QED) is 0.836. The monoisotopic (exact) mass is 327 g/mol. The topological polar surface area (TPSA) is 54.0 Å². The van der Waals surface area contributed by atoms with Gasteiger partial charge in [-0.3, -0.25) is 4.90 Å². The summed E-state index contributed by atoms with van der Waals surface area (Å²) >= 11 is 0. The molecule has 2 saturated heterocycles. The summed E-state index contributed by atoms with van der Waals surface area (Å²) in [5.41, 5.74) is -0.453. The van der Waals surface area contributed by atoms with Gasteiger partial charge in [0.2, 0.25) is 0 Å². The molecule has 6 nitrogen and oxygen atoms in total. The zero-order chi connectivity index (χ0) is 17.2. The van der Waals surface area contributed by atoms with E-state index in [0.29, 0.717) is 12.6 Å². The maximum Gasteiger partial charge on any atom is 0.410 e. The van der Waals surface area contributed by atoms with Gasteiger partial charge in [-0.1, -0.05) is 0 Å². The molecule has 0 aliphatic carbocycles. The minimum absolute atomic E-state index is 0.155. The molecule has 0 saturated carbocycles. The molecule has 6 heteroatoms. The molecule has 2 rings (SSSR count). The van der Waals surface area contributed by atoms with Crippen molar-refractivity contribution in [2.24, 2.45) is 0 Å². The van der Waals surface area contributed by atoms with E-state index in [9.17, 15) is 4.79 Å². The molecule has 0 unspecified atom stereocenters. The number of amides is 1. The average Bonchev–Trinajstić information content (AvgIpc) is 2.43. The Balaban J connectivity index is 1.93. The highest BCUT2D eigenvalue weighted by molar-refractivity contribution is 5.68.